The third kappa shape index (κ3) is 5.13. The van der Waals surface area contributed by atoms with Crippen molar-refractivity contribution in [3.63, 3.8) is 0 Å². The van der Waals surface area contributed by atoms with Crippen molar-refractivity contribution in [2.75, 3.05) is 45.7 Å². The topological polar surface area (TPSA) is 134 Å². The summed E-state index contributed by atoms with van der Waals surface area (Å²) in [4.78, 5) is 44.8. The lowest BCUT2D eigenvalue weighted by Gasteiger charge is -2.26. The van der Waals surface area contributed by atoms with Crippen LogP contribution >= 0.6 is 0 Å². The van der Waals surface area contributed by atoms with Gasteiger partial charge in [-0.2, -0.15) is 0 Å². The molecule has 1 aromatic carbocycles. The van der Waals surface area contributed by atoms with Gasteiger partial charge >= 0.3 is 0 Å². The Balaban J connectivity index is 1.54. The number of hydrogen-bond donors (Lipinski definition) is 3. The molecule has 0 unspecified atom stereocenters. The van der Waals surface area contributed by atoms with E-state index in [2.05, 4.69) is 39.4 Å². The first-order valence-electron chi connectivity index (χ1n) is 12.8. The fraction of sp³-hybridized carbons (Fsp3) is 0.321. The lowest BCUT2D eigenvalue weighted by atomic mass is 10.0. The number of anilines is 2. The van der Waals surface area contributed by atoms with Gasteiger partial charge in [-0.05, 0) is 30.2 Å². The number of fused-ring (bicyclic) bond motifs is 1. The molecule has 4 heterocycles. The van der Waals surface area contributed by atoms with Crippen molar-refractivity contribution in [2.24, 2.45) is 0 Å². The average Bonchev–Trinajstić information content (AvgIpc) is 3.41. The maximum atomic E-state index is 13.3. The van der Waals surface area contributed by atoms with Crippen LogP contribution in [0.25, 0.3) is 22.4 Å². The van der Waals surface area contributed by atoms with Crippen LogP contribution in [0.2, 0.25) is 0 Å². The Morgan fingerprint density at radius 3 is 2.54 bits per heavy atom. The van der Waals surface area contributed by atoms with Crippen LogP contribution in [-0.2, 0) is 4.79 Å². The van der Waals surface area contributed by atoms with Gasteiger partial charge in [-0.15, -0.1) is 0 Å². The number of H-pyrrole nitrogens is 1. The molecule has 0 spiro atoms. The number of ketones is 1. The van der Waals surface area contributed by atoms with E-state index >= 15 is 0 Å². The number of rotatable bonds is 8. The van der Waals surface area contributed by atoms with Gasteiger partial charge in [-0.1, -0.05) is 13.8 Å². The zero-order valence-corrected chi connectivity index (χ0v) is 22.4. The highest BCUT2D eigenvalue weighted by atomic mass is 16.5. The Kier molecular flexibility index (Phi) is 7.42. The van der Waals surface area contributed by atoms with Gasteiger partial charge in [0.05, 0.1) is 30.9 Å². The van der Waals surface area contributed by atoms with E-state index < -0.39 is 11.7 Å². The number of benzene rings is 1. The van der Waals surface area contributed by atoms with Crippen LogP contribution in [-0.4, -0.2) is 76.9 Å². The van der Waals surface area contributed by atoms with Crippen LogP contribution in [0.4, 0.5) is 11.5 Å². The van der Waals surface area contributed by atoms with E-state index in [9.17, 15) is 9.59 Å². The van der Waals surface area contributed by atoms with Gasteiger partial charge < -0.3 is 30.0 Å². The monoisotopic (exact) mass is 529 g/mol. The molecule has 0 saturated carbocycles. The lowest BCUT2D eigenvalue weighted by molar-refractivity contribution is -0.126. The minimum Gasteiger partial charge on any atom is -0.493 e. The molecule has 1 saturated heterocycles. The van der Waals surface area contributed by atoms with Gasteiger partial charge in [-0.25, -0.2) is 15.0 Å². The fourth-order valence-corrected chi connectivity index (χ4v) is 4.62. The van der Waals surface area contributed by atoms with E-state index in [0.29, 0.717) is 66.0 Å². The number of Topliss-reactive ketones (excluding diaryl/α,β-unsaturated/α-hetero) is 1. The van der Waals surface area contributed by atoms with Gasteiger partial charge in [0.2, 0.25) is 0 Å². The van der Waals surface area contributed by atoms with Crippen molar-refractivity contribution in [3.8, 4) is 22.9 Å². The first-order chi connectivity index (χ1) is 18.9. The molecule has 0 atom stereocenters. The highest BCUT2D eigenvalue weighted by Crippen LogP contribution is 2.34. The van der Waals surface area contributed by atoms with Crippen molar-refractivity contribution in [3.05, 3.63) is 54.0 Å². The largest absolute Gasteiger partial charge is 0.493 e. The molecule has 3 N–H and O–H groups in total. The number of methoxy groups -OCH3 is 2. The summed E-state index contributed by atoms with van der Waals surface area (Å²) in [6, 6.07) is 7.26. The zero-order valence-electron chi connectivity index (χ0n) is 22.4. The molecule has 3 aromatic heterocycles. The van der Waals surface area contributed by atoms with E-state index in [1.807, 2.05) is 12.1 Å². The summed E-state index contributed by atoms with van der Waals surface area (Å²) in [6.07, 6.45) is 4.98. The maximum Gasteiger partial charge on any atom is 0.295 e. The number of hydrogen-bond acceptors (Lipinski definition) is 9. The molecule has 1 aliphatic heterocycles. The van der Waals surface area contributed by atoms with Crippen molar-refractivity contribution >= 4 is 34.2 Å². The summed E-state index contributed by atoms with van der Waals surface area (Å²) < 4.78 is 10.8. The van der Waals surface area contributed by atoms with E-state index in [0.717, 1.165) is 11.1 Å². The SMILES string of the molecule is COc1ccc(-c2ncc(C(C)C)c(Nc3ccnc4[nH]cc(C(=O)C(=O)N5CCNCC5)c34)n2)cc1OC. The van der Waals surface area contributed by atoms with Crippen LogP contribution in [0.1, 0.15) is 35.7 Å². The third-order valence-electron chi connectivity index (χ3n) is 6.75. The average molecular weight is 530 g/mol. The smallest absolute Gasteiger partial charge is 0.295 e. The quantitative estimate of drug-likeness (QED) is 0.231. The Labute approximate surface area is 226 Å². The highest BCUT2D eigenvalue weighted by molar-refractivity contribution is 6.45. The van der Waals surface area contributed by atoms with Crippen LogP contribution < -0.4 is 20.1 Å². The summed E-state index contributed by atoms with van der Waals surface area (Å²) in [5.41, 5.74) is 3.02. The Hall–Kier alpha value is -4.51. The summed E-state index contributed by atoms with van der Waals surface area (Å²) in [6.45, 7) is 6.42. The molecule has 11 heteroatoms. The first kappa shape index (κ1) is 26.1. The van der Waals surface area contributed by atoms with Crippen LogP contribution in [0.5, 0.6) is 11.5 Å². The standard InChI is InChI=1S/C28H31N7O4/c1-16(2)18-14-31-25(17-5-6-21(38-3)22(13-17)39-4)34-26(18)33-20-7-8-30-27-23(20)19(15-32-27)24(36)28(37)35-11-9-29-10-12-35/h5-8,13-16,29H,9-12H2,1-4H3,(H2,30,31,32,33,34). The van der Waals surface area contributed by atoms with Crippen molar-refractivity contribution in [2.45, 2.75) is 19.8 Å². The second-order valence-corrected chi connectivity index (χ2v) is 9.50. The van der Waals surface area contributed by atoms with Crippen LogP contribution in [0.3, 0.4) is 0 Å². The lowest BCUT2D eigenvalue weighted by Crippen LogP contribution is -2.48. The molecule has 5 rings (SSSR count). The van der Waals surface area contributed by atoms with Gasteiger partial charge in [-0.3, -0.25) is 9.59 Å². The molecule has 39 heavy (non-hydrogen) atoms. The number of aromatic nitrogens is 4. The molecular formula is C28H31N7O4. The first-order valence-corrected chi connectivity index (χ1v) is 12.8. The highest BCUT2D eigenvalue weighted by Gasteiger charge is 2.28. The van der Waals surface area contributed by atoms with E-state index in [1.54, 1.807) is 49.8 Å². The predicted molar refractivity (Wildman–Crippen MR) is 148 cm³/mol. The fourth-order valence-electron chi connectivity index (χ4n) is 4.62. The van der Waals surface area contributed by atoms with Crippen molar-refractivity contribution < 1.29 is 19.1 Å². The molecular weight excluding hydrogens is 498 g/mol. The van der Waals surface area contributed by atoms with E-state index in [4.69, 9.17) is 14.5 Å². The maximum absolute atomic E-state index is 13.3. The number of carbonyl (C=O) groups excluding carboxylic acids is 2. The minimum absolute atomic E-state index is 0.117. The molecule has 1 aliphatic rings. The molecule has 4 aromatic rings. The van der Waals surface area contributed by atoms with Gasteiger partial charge in [0, 0.05) is 55.9 Å². The van der Waals surface area contributed by atoms with Crippen molar-refractivity contribution in [1.29, 1.82) is 0 Å². The minimum atomic E-state index is -0.572. The predicted octanol–water partition coefficient (Wildman–Crippen LogP) is 3.52. The zero-order chi connectivity index (χ0) is 27.5. The summed E-state index contributed by atoms with van der Waals surface area (Å²) in [7, 11) is 3.16. The van der Waals surface area contributed by atoms with E-state index in [1.165, 1.54) is 0 Å². The molecule has 0 bridgehead atoms. The second kappa shape index (κ2) is 11.1. The molecule has 202 valence electrons. The molecule has 0 radical (unpaired) electrons. The number of nitrogens with zero attached hydrogens (tertiary/aromatic N) is 4. The van der Waals surface area contributed by atoms with E-state index in [-0.39, 0.29) is 11.5 Å². The van der Waals surface area contributed by atoms with Gasteiger partial charge in [0.25, 0.3) is 11.7 Å². The number of carbonyl (C=O) groups is 2. The number of nitrogens with one attached hydrogen (secondary N) is 3. The third-order valence-corrected chi connectivity index (χ3v) is 6.75. The Bertz CT molecular complexity index is 1530. The molecule has 1 fully saturated rings. The number of amides is 1. The summed E-state index contributed by atoms with van der Waals surface area (Å²) in [5.74, 6) is 1.28. The molecule has 0 aliphatic carbocycles. The number of pyridine rings is 1. The van der Waals surface area contributed by atoms with Gasteiger partial charge in [0.1, 0.15) is 11.5 Å². The van der Waals surface area contributed by atoms with Crippen LogP contribution in [0, 0.1) is 0 Å². The molecule has 11 nitrogen and oxygen atoms in total. The van der Waals surface area contributed by atoms with Crippen LogP contribution in [0.15, 0.2) is 42.9 Å². The second-order valence-electron chi connectivity index (χ2n) is 9.50. The van der Waals surface area contributed by atoms with Gasteiger partial charge in [0.15, 0.2) is 17.3 Å². The Morgan fingerprint density at radius 1 is 1.05 bits per heavy atom. The number of piperazine rings is 1. The molecule has 1 amide bonds. The normalized spacial score (nSPS) is 13.5. The number of ether oxygens (including phenoxy) is 2. The summed E-state index contributed by atoms with van der Waals surface area (Å²) in [5, 5.41) is 7.13. The summed E-state index contributed by atoms with van der Waals surface area (Å²) >= 11 is 0. The van der Waals surface area contributed by atoms with Crippen molar-refractivity contribution in [1.82, 2.24) is 30.2 Å². The Morgan fingerprint density at radius 2 is 1.82 bits per heavy atom. The number of aromatic amines is 1.